The number of carboxylic acid groups (broad SMARTS) is 1. The van der Waals surface area contributed by atoms with Gasteiger partial charge < -0.3 is 19.7 Å². The zero-order chi connectivity index (χ0) is 20.8. The van der Waals surface area contributed by atoms with E-state index in [1.807, 2.05) is 0 Å². The molecule has 0 radical (unpaired) electrons. The van der Waals surface area contributed by atoms with E-state index in [0.717, 1.165) is 6.92 Å². The molecular weight excluding hydrogens is 366 g/mol. The fourth-order valence-corrected chi connectivity index (χ4v) is 2.34. The van der Waals surface area contributed by atoms with Crippen LogP contribution in [-0.4, -0.2) is 33.8 Å². The molecule has 8 nitrogen and oxygen atoms in total. The maximum absolute atomic E-state index is 12.6. The normalized spacial score (nSPS) is 13.2. The van der Waals surface area contributed by atoms with E-state index in [4.69, 9.17) is 15.2 Å². The molecule has 2 aromatic rings. The Bertz CT molecular complexity index is 779. The standard InChI is InChI=1S/C20H21NO7/c1-19(20(21,26)16(22)23,17(24)27-12-14-8-4-2-5-9-14)18(25)28-13-15-10-6-3-7-11-15/h2-11,26H,12-13,21H2,1H3,(H,22,23). The second-order valence-electron chi connectivity index (χ2n) is 6.32. The minimum atomic E-state index is -3.24. The predicted molar refractivity (Wildman–Crippen MR) is 97.4 cm³/mol. The topological polar surface area (TPSA) is 136 Å². The Kier molecular flexibility index (Phi) is 6.50. The van der Waals surface area contributed by atoms with Crippen LogP contribution in [0.15, 0.2) is 60.7 Å². The van der Waals surface area contributed by atoms with E-state index >= 15 is 0 Å². The average molecular weight is 387 g/mol. The van der Waals surface area contributed by atoms with Gasteiger partial charge in [0.1, 0.15) is 13.2 Å². The van der Waals surface area contributed by atoms with Gasteiger partial charge in [-0.25, -0.2) is 4.79 Å². The minimum Gasteiger partial charge on any atom is -0.478 e. The van der Waals surface area contributed by atoms with E-state index in [1.54, 1.807) is 60.7 Å². The summed E-state index contributed by atoms with van der Waals surface area (Å²) in [6.07, 6.45) is 0. The maximum atomic E-state index is 12.6. The number of hydrogen-bond donors (Lipinski definition) is 3. The summed E-state index contributed by atoms with van der Waals surface area (Å²) in [4.78, 5) is 36.7. The molecule has 28 heavy (non-hydrogen) atoms. The maximum Gasteiger partial charge on any atom is 0.352 e. The smallest absolute Gasteiger partial charge is 0.352 e. The lowest BCUT2D eigenvalue weighted by atomic mass is 9.79. The van der Waals surface area contributed by atoms with Gasteiger partial charge in [-0.05, 0) is 18.1 Å². The van der Waals surface area contributed by atoms with Crippen LogP contribution in [0.3, 0.4) is 0 Å². The highest BCUT2D eigenvalue weighted by Gasteiger charge is 2.63. The second kappa shape index (κ2) is 8.64. The largest absolute Gasteiger partial charge is 0.478 e. The fourth-order valence-electron chi connectivity index (χ4n) is 2.34. The molecule has 0 aliphatic heterocycles. The monoisotopic (exact) mass is 387 g/mol. The molecule has 4 N–H and O–H groups in total. The molecule has 0 aliphatic carbocycles. The molecule has 8 heteroatoms. The van der Waals surface area contributed by atoms with Crippen LogP contribution in [0.1, 0.15) is 18.1 Å². The van der Waals surface area contributed by atoms with Crippen LogP contribution >= 0.6 is 0 Å². The van der Waals surface area contributed by atoms with E-state index in [9.17, 15) is 24.6 Å². The molecule has 148 valence electrons. The Morgan fingerprint density at radius 3 is 1.54 bits per heavy atom. The number of esters is 2. The molecule has 0 saturated carbocycles. The highest BCUT2D eigenvalue weighted by atomic mass is 16.6. The molecule has 1 atom stereocenters. The predicted octanol–water partition coefficient (Wildman–Crippen LogP) is 1.21. The summed E-state index contributed by atoms with van der Waals surface area (Å²) >= 11 is 0. The summed E-state index contributed by atoms with van der Waals surface area (Å²) in [7, 11) is 0. The molecule has 0 aromatic heterocycles. The van der Waals surface area contributed by atoms with E-state index in [2.05, 4.69) is 0 Å². The molecule has 0 bridgehead atoms. The molecule has 0 fully saturated rings. The molecule has 0 saturated heterocycles. The first-order valence-electron chi connectivity index (χ1n) is 8.36. The number of rotatable bonds is 8. The van der Waals surface area contributed by atoms with E-state index in [-0.39, 0.29) is 13.2 Å². The van der Waals surface area contributed by atoms with Gasteiger partial charge >= 0.3 is 17.9 Å². The molecule has 0 amide bonds. The molecule has 2 rings (SSSR count). The number of carbonyl (C=O) groups is 3. The fraction of sp³-hybridized carbons (Fsp3) is 0.250. The summed E-state index contributed by atoms with van der Waals surface area (Å²) < 4.78 is 10.1. The van der Waals surface area contributed by atoms with Crippen molar-refractivity contribution in [2.75, 3.05) is 0 Å². The second-order valence-corrected chi connectivity index (χ2v) is 6.32. The van der Waals surface area contributed by atoms with Gasteiger partial charge in [0.05, 0.1) is 0 Å². The number of nitrogens with two attached hydrogens (primary N) is 1. The van der Waals surface area contributed by atoms with Crippen molar-refractivity contribution < 1.29 is 34.1 Å². The lowest BCUT2D eigenvalue weighted by Crippen LogP contribution is -2.67. The first-order valence-corrected chi connectivity index (χ1v) is 8.36. The molecule has 2 aromatic carbocycles. The Morgan fingerprint density at radius 1 is 0.857 bits per heavy atom. The van der Waals surface area contributed by atoms with Crippen LogP contribution in [0.4, 0.5) is 0 Å². The van der Waals surface area contributed by atoms with Crippen molar-refractivity contribution >= 4 is 17.9 Å². The van der Waals surface area contributed by atoms with Gasteiger partial charge in [-0.15, -0.1) is 0 Å². The number of aliphatic hydroxyl groups is 1. The summed E-state index contributed by atoms with van der Waals surface area (Å²) in [6, 6.07) is 17.1. The van der Waals surface area contributed by atoms with Crippen molar-refractivity contribution in [3.63, 3.8) is 0 Å². The zero-order valence-electron chi connectivity index (χ0n) is 15.2. The third kappa shape index (κ3) is 4.36. The number of ether oxygens (including phenoxy) is 2. The van der Waals surface area contributed by atoms with Crippen molar-refractivity contribution in [3.8, 4) is 0 Å². The minimum absolute atomic E-state index is 0.239. The first-order chi connectivity index (χ1) is 13.2. The highest BCUT2D eigenvalue weighted by Crippen LogP contribution is 2.32. The molecule has 0 aliphatic rings. The van der Waals surface area contributed by atoms with Crippen LogP contribution < -0.4 is 5.73 Å². The Morgan fingerprint density at radius 2 is 1.21 bits per heavy atom. The van der Waals surface area contributed by atoms with Crippen molar-refractivity contribution in [1.82, 2.24) is 0 Å². The lowest BCUT2D eigenvalue weighted by Gasteiger charge is -2.34. The van der Waals surface area contributed by atoms with Crippen molar-refractivity contribution in [3.05, 3.63) is 71.8 Å². The molecular formula is C20H21NO7. The Labute approximate surface area is 161 Å². The van der Waals surface area contributed by atoms with Crippen LogP contribution in [0.2, 0.25) is 0 Å². The van der Waals surface area contributed by atoms with Crippen LogP contribution in [-0.2, 0) is 37.1 Å². The molecule has 0 spiro atoms. The van der Waals surface area contributed by atoms with Gasteiger partial charge in [-0.2, -0.15) is 0 Å². The summed E-state index contributed by atoms with van der Waals surface area (Å²) in [5.74, 6) is -4.60. The zero-order valence-corrected chi connectivity index (χ0v) is 15.2. The average Bonchev–Trinajstić information content (AvgIpc) is 2.70. The van der Waals surface area contributed by atoms with E-state index < -0.39 is 29.0 Å². The number of carbonyl (C=O) groups excluding carboxylic acids is 2. The molecule has 0 heterocycles. The number of hydrogen-bond acceptors (Lipinski definition) is 7. The summed E-state index contributed by atoms with van der Waals surface area (Å²) in [5.41, 5.74) is 0.705. The number of carboxylic acids is 1. The first kappa shape index (κ1) is 21.1. The Balaban J connectivity index is 2.22. The van der Waals surface area contributed by atoms with Gasteiger partial charge in [0.2, 0.25) is 11.1 Å². The van der Waals surface area contributed by atoms with Gasteiger partial charge in [0.25, 0.3) is 0 Å². The van der Waals surface area contributed by atoms with Crippen LogP contribution in [0.5, 0.6) is 0 Å². The van der Waals surface area contributed by atoms with Crippen molar-refractivity contribution in [2.24, 2.45) is 11.1 Å². The van der Waals surface area contributed by atoms with Crippen molar-refractivity contribution in [2.45, 2.75) is 25.9 Å². The van der Waals surface area contributed by atoms with Crippen LogP contribution in [0.25, 0.3) is 0 Å². The highest BCUT2D eigenvalue weighted by molar-refractivity contribution is 6.05. The van der Waals surface area contributed by atoms with E-state index in [1.165, 1.54) is 0 Å². The van der Waals surface area contributed by atoms with Gasteiger partial charge in [-0.1, -0.05) is 60.7 Å². The van der Waals surface area contributed by atoms with Gasteiger partial charge in [-0.3, -0.25) is 15.3 Å². The number of benzene rings is 2. The quantitative estimate of drug-likeness (QED) is 0.349. The van der Waals surface area contributed by atoms with Gasteiger partial charge in [0.15, 0.2) is 0 Å². The van der Waals surface area contributed by atoms with Crippen molar-refractivity contribution in [1.29, 1.82) is 0 Å². The summed E-state index contributed by atoms with van der Waals surface area (Å²) in [6.45, 7) is 0.398. The van der Waals surface area contributed by atoms with Crippen LogP contribution in [0, 0.1) is 5.41 Å². The molecule has 1 unspecified atom stereocenters. The Hall–Kier alpha value is -3.23. The third-order valence-corrected chi connectivity index (χ3v) is 4.33. The summed E-state index contributed by atoms with van der Waals surface area (Å²) in [5, 5.41) is 19.5. The van der Waals surface area contributed by atoms with Gasteiger partial charge in [0, 0.05) is 0 Å². The lowest BCUT2D eigenvalue weighted by molar-refractivity contribution is -0.202. The third-order valence-electron chi connectivity index (χ3n) is 4.33. The SMILES string of the molecule is CC(C(=O)OCc1ccccc1)(C(=O)OCc1ccccc1)C(N)(O)C(=O)O. The number of aliphatic carboxylic acids is 1. The van der Waals surface area contributed by atoms with E-state index in [0.29, 0.717) is 11.1 Å².